The zero-order chi connectivity index (χ0) is 20.4. The van der Waals surface area contributed by atoms with Gasteiger partial charge < -0.3 is 10.1 Å². The molecule has 0 saturated carbocycles. The van der Waals surface area contributed by atoms with Crippen LogP contribution in [0.15, 0.2) is 29.2 Å². The minimum Gasteiger partial charge on any atom is -0.379 e. The van der Waals surface area contributed by atoms with Gasteiger partial charge in [-0.05, 0) is 37.8 Å². The topological polar surface area (TPSA) is 75.7 Å². The molecule has 2 aliphatic heterocycles. The molecule has 10 heteroatoms. The highest BCUT2D eigenvalue weighted by Gasteiger charge is 2.40. The standard InChI is InChI=1S/C18H23F3N2O4S/c19-18(20,21)15-5-1-2-6-16(15)28(25,26)23-9-7-13(8-10-23)17(24)22-14-4-3-11-27-12-14/h1-2,5-6,13-14H,3-4,7-12H2,(H,22,24). The number of halogens is 3. The number of nitrogens with zero attached hydrogens (tertiary/aromatic N) is 1. The minimum absolute atomic E-state index is 0.00772. The summed E-state index contributed by atoms with van der Waals surface area (Å²) in [6.07, 6.45) is -2.50. The first-order valence-electron chi connectivity index (χ1n) is 9.24. The molecule has 1 unspecified atom stereocenters. The summed E-state index contributed by atoms with van der Waals surface area (Å²) in [6.45, 7) is 1.16. The molecule has 2 aliphatic rings. The maximum absolute atomic E-state index is 13.2. The second-order valence-electron chi connectivity index (χ2n) is 7.09. The van der Waals surface area contributed by atoms with Gasteiger partial charge in [0.2, 0.25) is 15.9 Å². The van der Waals surface area contributed by atoms with Crippen LogP contribution in [0.4, 0.5) is 13.2 Å². The highest BCUT2D eigenvalue weighted by atomic mass is 32.2. The molecule has 3 rings (SSSR count). The maximum Gasteiger partial charge on any atom is 0.417 e. The number of carbonyl (C=O) groups excluding carboxylic acids is 1. The number of benzene rings is 1. The van der Waals surface area contributed by atoms with Crippen LogP contribution in [0.25, 0.3) is 0 Å². The molecule has 1 aromatic rings. The van der Waals surface area contributed by atoms with Crippen molar-refractivity contribution in [3.63, 3.8) is 0 Å². The van der Waals surface area contributed by atoms with Crippen molar-refractivity contribution in [2.75, 3.05) is 26.3 Å². The number of sulfonamides is 1. The second kappa shape index (κ2) is 8.38. The van der Waals surface area contributed by atoms with Crippen LogP contribution in [0.2, 0.25) is 0 Å². The molecule has 0 aromatic heterocycles. The van der Waals surface area contributed by atoms with Crippen LogP contribution in [0.1, 0.15) is 31.2 Å². The quantitative estimate of drug-likeness (QED) is 0.812. The van der Waals surface area contributed by atoms with Gasteiger partial charge in [-0.1, -0.05) is 12.1 Å². The summed E-state index contributed by atoms with van der Waals surface area (Å²) in [7, 11) is -4.29. The molecule has 0 spiro atoms. The molecule has 1 aromatic carbocycles. The first-order chi connectivity index (χ1) is 13.2. The van der Waals surface area contributed by atoms with Crippen LogP contribution in [-0.4, -0.2) is 51.0 Å². The molecule has 2 heterocycles. The van der Waals surface area contributed by atoms with Gasteiger partial charge in [0.1, 0.15) is 0 Å². The molecule has 0 bridgehead atoms. The van der Waals surface area contributed by atoms with Crippen molar-refractivity contribution in [2.24, 2.45) is 5.92 Å². The summed E-state index contributed by atoms with van der Waals surface area (Å²) in [5.41, 5.74) is -1.17. The van der Waals surface area contributed by atoms with Gasteiger partial charge in [-0.3, -0.25) is 4.79 Å². The van der Waals surface area contributed by atoms with Crippen LogP contribution in [0.5, 0.6) is 0 Å². The van der Waals surface area contributed by atoms with Gasteiger partial charge in [0.15, 0.2) is 0 Å². The average Bonchev–Trinajstić information content (AvgIpc) is 2.68. The fourth-order valence-corrected chi connectivity index (χ4v) is 5.28. The lowest BCUT2D eigenvalue weighted by atomic mass is 9.96. The van der Waals surface area contributed by atoms with Gasteiger partial charge in [0, 0.05) is 25.6 Å². The molecular weight excluding hydrogens is 397 g/mol. The number of rotatable bonds is 4. The third-order valence-corrected chi connectivity index (χ3v) is 7.10. The van der Waals surface area contributed by atoms with Crippen LogP contribution in [0, 0.1) is 5.92 Å². The fourth-order valence-electron chi connectivity index (χ4n) is 3.60. The van der Waals surface area contributed by atoms with E-state index in [9.17, 15) is 26.4 Å². The van der Waals surface area contributed by atoms with Crippen molar-refractivity contribution in [1.29, 1.82) is 0 Å². The van der Waals surface area contributed by atoms with Crippen molar-refractivity contribution in [3.8, 4) is 0 Å². The van der Waals surface area contributed by atoms with Crippen molar-refractivity contribution in [3.05, 3.63) is 29.8 Å². The van der Waals surface area contributed by atoms with Gasteiger partial charge in [-0.25, -0.2) is 8.42 Å². The lowest BCUT2D eigenvalue weighted by Crippen LogP contribution is -2.47. The predicted molar refractivity (Wildman–Crippen MR) is 94.9 cm³/mol. The first kappa shape index (κ1) is 21.1. The minimum atomic E-state index is -4.76. The van der Waals surface area contributed by atoms with Crippen molar-refractivity contribution in [1.82, 2.24) is 9.62 Å². The van der Waals surface area contributed by atoms with E-state index in [1.165, 1.54) is 6.07 Å². The first-order valence-corrected chi connectivity index (χ1v) is 10.7. The maximum atomic E-state index is 13.2. The van der Waals surface area contributed by atoms with Gasteiger partial charge >= 0.3 is 6.18 Å². The zero-order valence-electron chi connectivity index (χ0n) is 15.2. The lowest BCUT2D eigenvalue weighted by Gasteiger charge is -2.32. The predicted octanol–water partition coefficient (Wildman–Crippen LogP) is 2.40. The van der Waals surface area contributed by atoms with Gasteiger partial charge in [0.05, 0.1) is 23.1 Å². The molecule has 1 amide bonds. The molecule has 6 nitrogen and oxygen atoms in total. The SMILES string of the molecule is O=C(NC1CCCOC1)C1CCN(S(=O)(=O)c2ccccc2C(F)(F)F)CC1. The Hall–Kier alpha value is -1.65. The summed E-state index contributed by atoms with van der Waals surface area (Å²) in [5.74, 6) is -0.505. The number of ether oxygens (including phenoxy) is 1. The molecule has 2 fully saturated rings. The Morgan fingerprint density at radius 3 is 2.43 bits per heavy atom. The highest BCUT2D eigenvalue weighted by Crippen LogP contribution is 2.36. The van der Waals surface area contributed by atoms with Crippen LogP contribution in [0.3, 0.4) is 0 Å². The van der Waals surface area contributed by atoms with E-state index in [-0.39, 0.29) is 43.8 Å². The Bertz CT molecular complexity index is 799. The monoisotopic (exact) mass is 420 g/mol. The summed E-state index contributed by atoms with van der Waals surface area (Å²) >= 11 is 0. The van der Waals surface area contributed by atoms with Gasteiger partial charge in [0.25, 0.3) is 0 Å². The van der Waals surface area contributed by atoms with Crippen molar-refractivity contribution < 1.29 is 31.1 Å². The van der Waals surface area contributed by atoms with Gasteiger partial charge in [-0.15, -0.1) is 0 Å². The largest absolute Gasteiger partial charge is 0.417 e. The number of piperidine rings is 1. The van der Waals surface area contributed by atoms with E-state index in [1.54, 1.807) is 0 Å². The van der Waals surface area contributed by atoms with Crippen molar-refractivity contribution >= 4 is 15.9 Å². The normalized spacial score (nSPS) is 22.8. The molecule has 1 atom stereocenters. The molecule has 0 aliphatic carbocycles. The Kier molecular flexibility index (Phi) is 6.31. The highest BCUT2D eigenvalue weighted by molar-refractivity contribution is 7.89. The third kappa shape index (κ3) is 4.66. The van der Waals surface area contributed by atoms with E-state index in [2.05, 4.69) is 5.32 Å². The summed E-state index contributed by atoms with van der Waals surface area (Å²) in [5, 5.41) is 2.92. The molecular formula is C18H23F3N2O4S. The number of hydrogen-bond donors (Lipinski definition) is 1. The Balaban J connectivity index is 1.65. The molecule has 28 heavy (non-hydrogen) atoms. The van der Waals surface area contributed by atoms with E-state index in [0.29, 0.717) is 13.2 Å². The summed E-state index contributed by atoms with van der Waals surface area (Å²) < 4.78 is 71.4. The van der Waals surface area contributed by atoms with Crippen LogP contribution in [-0.2, 0) is 25.7 Å². The lowest BCUT2D eigenvalue weighted by molar-refractivity contribution is -0.139. The number of hydrogen-bond acceptors (Lipinski definition) is 4. The number of alkyl halides is 3. The average molecular weight is 420 g/mol. The molecule has 1 N–H and O–H groups in total. The summed E-state index contributed by atoms with van der Waals surface area (Å²) in [6, 6.07) is 4.13. The Morgan fingerprint density at radius 1 is 1.14 bits per heavy atom. The van der Waals surface area contributed by atoms with Crippen LogP contribution < -0.4 is 5.32 Å². The Labute approximate surface area is 162 Å². The van der Waals surface area contributed by atoms with Crippen molar-refractivity contribution in [2.45, 2.75) is 42.8 Å². The Morgan fingerprint density at radius 2 is 1.82 bits per heavy atom. The van der Waals surface area contributed by atoms with Crippen LogP contribution >= 0.6 is 0 Å². The number of nitrogens with one attached hydrogen (secondary N) is 1. The van der Waals surface area contributed by atoms with E-state index < -0.39 is 26.7 Å². The second-order valence-corrected chi connectivity index (χ2v) is 9.00. The number of amides is 1. The third-order valence-electron chi connectivity index (χ3n) is 5.14. The molecule has 2 saturated heterocycles. The summed E-state index contributed by atoms with van der Waals surface area (Å²) in [4.78, 5) is 11.6. The smallest absolute Gasteiger partial charge is 0.379 e. The van der Waals surface area contributed by atoms with Gasteiger partial charge in [-0.2, -0.15) is 17.5 Å². The zero-order valence-corrected chi connectivity index (χ0v) is 16.1. The van der Waals surface area contributed by atoms with E-state index in [1.807, 2.05) is 0 Å². The fraction of sp³-hybridized carbons (Fsp3) is 0.611. The van der Waals surface area contributed by atoms with E-state index in [4.69, 9.17) is 4.74 Å². The molecule has 156 valence electrons. The number of carbonyl (C=O) groups is 1. The molecule has 0 radical (unpaired) electrons. The van der Waals surface area contributed by atoms with E-state index in [0.717, 1.165) is 35.3 Å². The van der Waals surface area contributed by atoms with E-state index >= 15 is 0 Å².